The minimum absolute atomic E-state index is 1.30. The summed E-state index contributed by atoms with van der Waals surface area (Å²) in [4.78, 5) is 2.53. The Labute approximate surface area is 56.4 Å². The largest absolute Gasteiger partial charge is 0.375 e. The molecule has 0 atom stereocenters. The minimum Gasteiger partial charge on any atom is -0.375 e. The van der Waals surface area contributed by atoms with Crippen molar-refractivity contribution in [3.05, 3.63) is 11.8 Å². The fourth-order valence-electron chi connectivity index (χ4n) is 1.78. The molecule has 2 rings (SSSR count). The Morgan fingerprint density at radius 1 is 1.22 bits per heavy atom. The van der Waals surface area contributed by atoms with Gasteiger partial charge in [0.05, 0.1) is 0 Å². The fourth-order valence-corrected chi connectivity index (χ4v) is 1.78. The average Bonchev–Trinajstić information content (AvgIpc) is 2.33. The second kappa shape index (κ2) is 2.05. The van der Waals surface area contributed by atoms with Gasteiger partial charge in [-0.15, -0.1) is 0 Å². The number of nitrogens with zero attached hydrogens (tertiary/aromatic N) is 1. The molecule has 2 aliphatic heterocycles. The van der Waals surface area contributed by atoms with E-state index in [4.69, 9.17) is 0 Å². The van der Waals surface area contributed by atoms with Crippen molar-refractivity contribution < 1.29 is 0 Å². The van der Waals surface area contributed by atoms with E-state index in [-0.39, 0.29) is 0 Å². The van der Waals surface area contributed by atoms with Gasteiger partial charge in [-0.05, 0) is 25.7 Å². The normalized spacial score (nSPS) is 25.8. The van der Waals surface area contributed by atoms with E-state index in [1.54, 1.807) is 5.70 Å². The Bertz CT molecular complexity index is 138. The Hall–Kier alpha value is -0.460. The molecular weight excluding hydrogens is 110 g/mol. The molecule has 0 radical (unpaired) electrons. The van der Waals surface area contributed by atoms with Crippen LogP contribution in [0.2, 0.25) is 0 Å². The molecule has 0 aromatic rings. The van der Waals surface area contributed by atoms with E-state index in [1.165, 1.54) is 38.8 Å². The quantitative estimate of drug-likeness (QED) is 0.474. The van der Waals surface area contributed by atoms with Gasteiger partial charge in [0.1, 0.15) is 0 Å². The first kappa shape index (κ1) is 5.33. The highest BCUT2D eigenvalue weighted by Gasteiger charge is 2.17. The number of piperidine rings is 1. The zero-order chi connectivity index (χ0) is 6.10. The van der Waals surface area contributed by atoms with Gasteiger partial charge in [-0.1, -0.05) is 6.08 Å². The molecule has 9 heavy (non-hydrogen) atoms. The molecule has 1 saturated heterocycles. The highest BCUT2D eigenvalue weighted by Crippen LogP contribution is 2.24. The van der Waals surface area contributed by atoms with Gasteiger partial charge in [0.25, 0.3) is 0 Å². The number of allylic oxidation sites excluding steroid dienone is 1. The summed E-state index contributed by atoms with van der Waals surface area (Å²) in [6.07, 6.45) is 7.88. The maximum Gasteiger partial charge on any atom is 0.0210 e. The molecule has 1 nitrogen and oxygen atoms in total. The summed E-state index contributed by atoms with van der Waals surface area (Å²) in [5, 5.41) is 0. The smallest absolute Gasteiger partial charge is 0.0210 e. The molecule has 2 aliphatic rings. The summed E-state index contributed by atoms with van der Waals surface area (Å²) in [7, 11) is 0. The summed E-state index contributed by atoms with van der Waals surface area (Å²) in [5.41, 5.74) is 1.63. The molecule has 0 saturated carbocycles. The summed E-state index contributed by atoms with van der Waals surface area (Å²) < 4.78 is 0. The van der Waals surface area contributed by atoms with Gasteiger partial charge in [0.2, 0.25) is 0 Å². The van der Waals surface area contributed by atoms with Crippen LogP contribution < -0.4 is 0 Å². The SMILES string of the molecule is C1=C2CCCCN2CC1. The molecule has 1 fully saturated rings. The number of hydrogen-bond donors (Lipinski definition) is 0. The molecule has 2 heterocycles. The molecule has 0 bridgehead atoms. The lowest BCUT2D eigenvalue weighted by Crippen LogP contribution is -2.24. The van der Waals surface area contributed by atoms with E-state index in [1.807, 2.05) is 0 Å². The maximum atomic E-state index is 2.53. The lowest BCUT2D eigenvalue weighted by atomic mass is 10.1. The molecule has 50 valence electrons. The van der Waals surface area contributed by atoms with E-state index in [2.05, 4.69) is 11.0 Å². The minimum atomic E-state index is 1.30. The first-order chi connectivity index (χ1) is 4.47. The third kappa shape index (κ3) is 0.846. The maximum absolute atomic E-state index is 2.53. The zero-order valence-corrected chi connectivity index (χ0v) is 5.77. The third-order valence-electron chi connectivity index (χ3n) is 2.30. The van der Waals surface area contributed by atoms with Gasteiger partial charge in [0, 0.05) is 18.8 Å². The van der Waals surface area contributed by atoms with Crippen molar-refractivity contribution in [1.82, 2.24) is 4.90 Å². The zero-order valence-electron chi connectivity index (χ0n) is 5.77. The van der Waals surface area contributed by atoms with Crippen LogP contribution >= 0.6 is 0 Å². The molecule has 0 aromatic heterocycles. The van der Waals surface area contributed by atoms with Crippen molar-refractivity contribution in [2.45, 2.75) is 25.7 Å². The van der Waals surface area contributed by atoms with E-state index in [0.29, 0.717) is 0 Å². The summed E-state index contributed by atoms with van der Waals surface area (Å²) >= 11 is 0. The number of fused-ring (bicyclic) bond motifs is 1. The van der Waals surface area contributed by atoms with Crippen LogP contribution in [0.5, 0.6) is 0 Å². The highest BCUT2D eigenvalue weighted by atomic mass is 15.1. The topological polar surface area (TPSA) is 3.24 Å². The van der Waals surface area contributed by atoms with E-state index < -0.39 is 0 Å². The molecule has 1 heteroatoms. The summed E-state index contributed by atoms with van der Waals surface area (Å²) in [6.45, 7) is 2.63. The molecular formula is C8H13N. The Balaban J connectivity index is 2.09. The molecule has 0 N–H and O–H groups in total. The predicted molar refractivity (Wildman–Crippen MR) is 38.1 cm³/mol. The van der Waals surface area contributed by atoms with Crippen LogP contribution in [-0.4, -0.2) is 18.0 Å². The van der Waals surface area contributed by atoms with E-state index in [9.17, 15) is 0 Å². The predicted octanol–water partition coefficient (Wildman–Crippen LogP) is 1.76. The first-order valence-electron chi connectivity index (χ1n) is 3.91. The van der Waals surface area contributed by atoms with Crippen LogP contribution in [0.25, 0.3) is 0 Å². The Morgan fingerprint density at radius 3 is 3.11 bits per heavy atom. The Morgan fingerprint density at radius 2 is 2.22 bits per heavy atom. The van der Waals surface area contributed by atoms with Crippen molar-refractivity contribution in [1.29, 1.82) is 0 Å². The summed E-state index contributed by atoms with van der Waals surface area (Å²) in [5.74, 6) is 0. The van der Waals surface area contributed by atoms with Gasteiger partial charge in [0.15, 0.2) is 0 Å². The second-order valence-electron chi connectivity index (χ2n) is 2.93. The monoisotopic (exact) mass is 123 g/mol. The number of hydrogen-bond acceptors (Lipinski definition) is 1. The van der Waals surface area contributed by atoms with Crippen LogP contribution in [0, 0.1) is 0 Å². The van der Waals surface area contributed by atoms with Crippen LogP contribution in [0.15, 0.2) is 11.8 Å². The van der Waals surface area contributed by atoms with Gasteiger partial charge in [-0.2, -0.15) is 0 Å². The number of rotatable bonds is 0. The molecule has 0 spiro atoms. The van der Waals surface area contributed by atoms with Crippen LogP contribution in [0.1, 0.15) is 25.7 Å². The van der Waals surface area contributed by atoms with Crippen molar-refractivity contribution >= 4 is 0 Å². The van der Waals surface area contributed by atoms with E-state index in [0.717, 1.165) is 0 Å². The molecule has 0 aliphatic carbocycles. The Kier molecular flexibility index (Phi) is 1.22. The average molecular weight is 123 g/mol. The first-order valence-corrected chi connectivity index (χ1v) is 3.91. The van der Waals surface area contributed by atoms with Crippen molar-refractivity contribution in [3.8, 4) is 0 Å². The molecule has 0 amide bonds. The summed E-state index contributed by atoms with van der Waals surface area (Å²) in [6, 6.07) is 0. The molecule has 0 aromatic carbocycles. The highest BCUT2D eigenvalue weighted by molar-refractivity contribution is 5.09. The standard InChI is InChI=1S/C8H13N/c1-2-6-9-7-3-5-8(9)4-1/h5H,1-4,6-7H2. The second-order valence-corrected chi connectivity index (χ2v) is 2.93. The van der Waals surface area contributed by atoms with Crippen molar-refractivity contribution in [3.63, 3.8) is 0 Å². The third-order valence-corrected chi connectivity index (χ3v) is 2.30. The van der Waals surface area contributed by atoms with Gasteiger partial charge in [-0.3, -0.25) is 0 Å². The molecule has 0 unspecified atom stereocenters. The van der Waals surface area contributed by atoms with Gasteiger partial charge < -0.3 is 4.90 Å². The van der Waals surface area contributed by atoms with Crippen molar-refractivity contribution in [2.75, 3.05) is 13.1 Å². The van der Waals surface area contributed by atoms with Crippen LogP contribution in [-0.2, 0) is 0 Å². The van der Waals surface area contributed by atoms with Gasteiger partial charge >= 0.3 is 0 Å². The van der Waals surface area contributed by atoms with Crippen LogP contribution in [0.3, 0.4) is 0 Å². The van der Waals surface area contributed by atoms with E-state index >= 15 is 0 Å². The lowest BCUT2D eigenvalue weighted by Gasteiger charge is -2.26. The van der Waals surface area contributed by atoms with Gasteiger partial charge in [-0.25, -0.2) is 0 Å². The van der Waals surface area contributed by atoms with Crippen LogP contribution in [0.4, 0.5) is 0 Å². The lowest BCUT2D eigenvalue weighted by molar-refractivity contribution is 0.317. The fraction of sp³-hybridized carbons (Fsp3) is 0.750. The van der Waals surface area contributed by atoms with Crippen molar-refractivity contribution in [2.24, 2.45) is 0 Å².